The van der Waals surface area contributed by atoms with Crippen molar-refractivity contribution in [2.45, 2.75) is 38.3 Å². The first-order chi connectivity index (χ1) is 14.1. The lowest BCUT2D eigenvalue weighted by atomic mass is 10.0. The zero-order valence-electron chi connectivity index (χ0n) is 16.9. The van der Waals surface area contributed by atoms with Crippen LogP contribution in [-0.2, 0) is 11.3 Å². The number of carbonyl (C=O) groups excluding carboxylic acids is 1. The van der Waals surface area contributed by atoms with Gasteiger partial charge in [0.05, 0.1) is 13.7 Å². The molecule has 3 rings (SSSR count). The number of para-hydroxylation sites is 1. The van der Waals surface area contributed by atoms with E-state index in [1.165, 1.54) is 5.56 Å². The highest BCUT2D eigenvalue weighted by atomic mass is 35.5. The minimum absolute atomic E-state index is 0.105. The molecule has 1 saturated heterocycles. The van der Waals surface area contributed by atoms with Crippen LogP contribution in [0.3, 0.4) is 0 Å². The number of ether oxygens (including phenoxy) is 2. The van der Waals surface area contributed by atoms with Crippen LogP contribution >= 0.6 is 11.6 Å². The molecule has 0 atom stereocenters. The second-order valence-corrected chi connectivity index (χ2v) is 7.77. The molecule has 0 spiro atoms. The Bertz CT molecular complexity index is 774. The number of methoxy groups -OCH3 is 1. The van der Waals surface area contributed by atoms with Gasteiger partial charge < -0.3 is 14.8 Å². The zero-order valence-corrected chi connectivity index (χ0v) is 17.7. The predicted octanol–water partition coefficient (Wildman–Crippen LogP) is 4.29. The van der Waals surface area contributed by atoms with Crippen molar-refractivity contribution in [2.24, 2.45) is 0 Å². The number of amides is 1. The molecule has 0 unspecified atom stereocenters. The van der Waals surface area contributed by atoms with E-state index in [1.54, 1.807) is 19.2 Å². The summed E-state index contributed by atoms with van der Waals surface area (Å²) in [4.78, 5) is 14.6. The van der Waals surface area contributed by atoms with Gasteiger partial charge in [-0.15, -0.1) is 0 Å². The van der Waals surface area contributed by atoms with Crippen LogP contribution < -0.4 is 14.8 Å². The second kappa shape index (κ2) is 11.1. The molecule has 0 saturated carbocycles. The highest BCUT2D eigenvalue weighted by Gasteiger charge is 2.21. The molecule has 29 heavy (non-hydrogen) atoms. The van der Waals surface area contributed by atoms with Gasteiger partial charge >= 0.3 is 0 Å². The number of carbonyl (C=O) groups is 1. The van der Waals surface area contributed by atoms with Crippen molar-refractivity contribution < 1.29 is 14.3 Å². The summed E-state index contributed by atoms with van der Waals surface area (Å²) >= 11 is 5.85. The van der Waals surface area contributed by atoms with Crippen LogP contribution in [0.4, 0.5) is 0 Å². The van der Waals surface area contributed by atoms with E-state index in [0.717, 1.165) is 44.0 Å². The quantitative estimate of drug-likeness (QED) is 0.619. The molecular formula is C23H29ClN2O3. The second-order valence-electron chi connectivity index (χ2n) is 7.34. The third-order valence-corrected chi connectivity index (χ3v) is 5.42. The largest absolute Gasteiger partial charge is 0.496 e. The van der Waals surface area contributed by atoms with E-state index in [0.29, 0.717) is 24.5 Å². The van der Waals surface area contributed by atoms with Crippen molar-refractivity contribution in [1.82, 2.24) is 10.2 Å². The summed E-state index contributed by atoms with van der Waals surface area (Å²) in [7, 11) is 1.71. The molecule has 1 fully saturated rings. The summed E-state index contributed by atoms with van der Waals surface area (Å²) < 4.78 is 11.1. The van der Waals surface area contributed by atoms with Gasteiger partial charge in [-0.3, -0.25) is 9.69 Å². The van der Waals surface area contributed by atoms with Crippen LogP contribution in [0.15, 0.2) is 48.5 Å². The Hall–Kier alpha value is -2.24. The Morgan fingerprint density at radius 1 is 1.14 bits per heavy atom. The van der Waals surface area contributed by atoms with E-state index in [4.69, 9.17) is 21.1 Å². The molecule has 2 aromatic carbocycles. The van der Waals surface area contributed by atoms with E-state index in [2.05, 4.69) is 16.3 Å². The standard InChI is InChI=1S/C23H29ClN2O3/c1-28-22-6-3-2-5-18(22)17-26-14-12-20(13-15-26)25-23(27)7-4-16-29-21-10-8-19(24)9-11-21/h2-3,5-6,8-11,20H,4,7,12-17H2,1H3,(H,25,27). The van der Waals surface area contributed by atoms with Gasteiger partial charge in [0.1, 0.15) is 11.5 Å². The SMILES string of the molecule is COc1ccccc1CN1CCC(NC(=O)CCCOc2ccc(Cl)cc2)CC1. The molecule has 0 bridgehead atoms. The fourth-order valence-electron chi connectivity index (χ4n) is 3.56. The molecule has 156 valence electrons. The fourth-order valence-corrected chi connectivity index (χ4v) is 3.69. The Morgan fingerprint density at radius 2 is 1.86 bits per heavy atom. The van der Waals surface area contributed by atoms with Crippen LogP contribution in [0.1, 0.15) is 31.2 Å². The number of likely N-dealkylation sites (tertiary alicyclic amines) is 1. The number of nitrogens with zero attached hydrogens (tertiary/aromatic N) is 1. The molecule has 6 heteroatoms. The Kier molecular flexibility index (Phi) is 8.20. The average molecular weight is 417 g/mol. The van der Waals surface area contributed by atoms with E-state index in [1.807, 2.05) is 30.3 Å². The normalized spacial score (nSPS) is 15.1. The maximum Gasteiger partial charge on any atom is 0.220 e. The molecule has 1 heterocycles. The number of hydrogen-bond donors (Lipinski definition) is 1. The lowest BCUT2D eigenvalue weighted by Gasteiger charge is -2.32. The fraction of sp³-hybridized carbons (Fsp3) is 0.435. The van der Waals surface area contributed by atoms with Gasteiger partial charge in [0, 0.05) is 42.7 Å². The summed E-state index contributed by atoms with van der Waals surface area (Å²) in [6.45, 7) is 3.35. The first kappa shape index (κ1) is 21.5. The summed E-state index contributed by atoms with van der Waals surface area (Å²) in [6, 6.07) is 15.7. The van der Waals surface area contributed by atoms with Crippen molar-refractivity contribution in [2.75, 3.05) is 26.8 Å². The van der Waals surface area contributed by atoms with Crippen LogP contribution in [0.2, 0.25) is 5.02 Å². The van der Waals surface area contributed by atoms with E-state index < -0.39 is 0 Å². The zero-order chi connectivity index (χ0) is 20.5. The highest BCUT2D eigenvalue weighted by Crippen LogP contribution is 2.21. The molecule has 1 aliphatic rings. The van der Waals surface area contributed by atoms with Crippen molar-refractivity contribution >= 4 is 17.5 Å². The molecule has 0 aromatic heterocycles. The smallest absolute Gasteiger partial charge is 0.220 e. The van der Waals surface area contributed by atoms with Crippen molar-refractivity contribution in [3.8, 4) is 11.5 Å². The molecule has 1 aliphatic heterocycles. The predicted molar refractivity (Wildman–Crippen MR) is 116 cm³/mol. The Balaban J connectivity index is 1.31. The lowest BCUT2D eigenvalue weighted by molar-refractivity contribution is -0.122. The maximum absolute atomic E-state index is 12.2. The van der Waals surface area contributed by atoms with Gasteiger partial charge in [-0.1, -0.05) is 29.8 Å². The number of rotatable bonds is 9. The highest BCUT2D eigenvalue weighted by molar-refractivity contribution is 6.30. The number of hydrogen-bond acceptors (Lipinski definition) is 4. The topological polar surface area (TPSA) is 50.8 Å². The average Bonchev–Trinajstić information content (AvgIpc) is 2.74. The van der Waals surface area contributed by atoms with Crippen LogP contribution in [0, 0.1) is 0 Å². The molecule has 0 aliphatic carbocycles. The monoisotopic (exact) mass is 416 g/mol. The number of nitrogens with one attached hydrogen (secondary N) is 1. The number of piperidine rings is 1. The van der Waals surface area contributed by atoms with Crippen LogP contribution in [0.5, 0.6) is 11.5 Å². The molecule has 5 nitrogen and oxygen atoms in total. The van der Waals surface area contributed by atoms with E-state index in [9.17, 15) is 4.79 Å². The van der Waals surface area contributed by atoms with Crippen molar-refractivity contribution in [3.63, 3.8) is 0 Å². The van der Waals surface area contributed by atoms with Gasteiger partial charge in [0.15, 0.2) is 0 Å². The van der Waals surface area contributed by atoms with Gasteiger partial charge in [-0.25, -0.2) is 0 Å². The van der Waals surface area contributed by atoms with Gasteiger partial charge in [-0.2, -0.15) is 0 Å². The van der Waals surface area contributed by atoms with Gasteiger partial charge in [-0.05, 0) is 49.6 Å². The summed E-state index contributed by atoms with van der Waals surface area (Å²) in [5.41, 5.74) is 1.21. The molecule has 1 amide bonds. The summed E-state index contributed by atoms with van der Waals surface area (Å²) in [5.74, 6) is 1.81. The summed E-state index contributed by atoms with van der Waals surface area (Å²) in [5, 5.41) is 3.85. The molecular weight excluding hydrogens is 388 g/mol. The first-order valence-corrected chi connectivity index (χ1v) is 10.5. The Labute approximate surface area is 177 Å². The van der Waals surface area contributed by atoms with Gasteiger partial charge in [0.2, 0.25) is 5.91 Å². The first-order valence-electron chi connectivity index (χ1n) is 10.2. The number of halogens is 1. The Morgan fingerprint density at radius 3 is 2.59 bits per heavy atom. The lowest BCUT2D eigenvalue weighted by Crippen LogP contribution is -2.44. The number of benzene rings is 2. The third kappa shape index (κ3) is 6.94. The van der Waals surface area contributed by atoms with Crippen molar-refractivity contribution in [3.05, 3.63) is 59.1 Å². The molecule has 0 radical (unpaired) electrons. The van der Waals surface area contributed by atoms with Gasteiger partial charge in [0.25, 0.3) is 0 Å². The maximum atomic E-state index is 12.2. The summed E-state index contributed by atoms with van der Waals surface area (Å²) in [6.07, 6.45) is 3.13. The van der Waals surface area contributed by atoms with Crippen LogP contribution in [-0.4, -0.2) is 43.7 Å². The molecule has 1 N–H and O–H groups in total. The van der Waals surface area contributed by atoms with Crippen molar-refractivity contribution in [1.29, 1.82) is 0 Å². The van der Waals surface area contributed by atoms with Crippen LogP contribution in [0.25, 0.3) is 0 Å². The van der Waals surface area contributed by atoms with E-state index >= 15 is 0 Å². The third-order valence-electron chi connectivity index (χ3n) is 5.17. The van der Waals surface area contributed by atoms with E-state index in [-0.39, 0.29) is 11.9 Å². The molecule has 2 aromatic rings. The minimum Gasteiger partial charge on any atom is -0.496 e. The minimum atomic E-state index is 0.105.